The molecule has 2 atom stereocenters. The molecule has 1 saturated carbocycles. The lowest BCUT2D eigenvalue weighted by Gasteiger charge is -2.34. The Labute approximate surface area is 131 Å². The molecule has 0 spiro atoms. The number of alkyl carbamates (subject to hydrolysis) is 1. The van der Waals surface area contributed by atoms with Crippen LogP contribution in [0.4, 0.5) is 16.3 Å². The van der Waals surface area contributed by atoms with Crippen molar-refractivity contribution in [3.8, 4) is 0 Å². The monoisotopic (exact) mass is 306 g/mol. The maximum Gasteiger partial charge on any atom is 0.407 e. The second kappa shape index (κ2) is 6.85. The summed E-state index contributed by atoms with van der Waals surface area (Å²) in [6.07, 6.45) is 5.56. The van der Waals surface area contributed by atoms with Gasteiger partial charge in [-0.05, 0) is 45.7 Å². The molecule has 1 aliphatic carbocycles. The van der Waals surface area contributed by atoms with Crippen molar-refractivity contribution in [3.05, 3.63) is 18.3 Å². The second-order valence-corrected chi connectivity index (χ2v) is 6.76. The third-order valence-corrected chi connectivity index (χ3v) is 3.61. The van der Waals surface area contributed by atoms with Gasteiger partial charge in [0.1, 0.15) is 11.4 Å². The summed E-state index contributed by atoms with van der Waals surface area (Å²) in [5, 5.41) is 6.43. The van der Waals surface area contributed by atoms with Crippen LogP contribution in [0.2, 0.25) is 0 Å². The van der Waals surface area contributed by atoms with Crippen LogP contribution in [0.25, 0.3) is 0 Å². The SMILES string of the molecule is CC(C)(C)OC(=O)N[C@H]1CCCC[C@@H]1Nc1ccc(N)nc1. The summed E-state index contributed by atoms with van der Waals surface area (Å²) in [5.41, 5.74) is 6.03. The number of rotatable bonds is 3. The molecule has 0 bridgehead atoms. The largest absolute Gasteiger partial charge is 0.444 e. The van der Waals surface area contributed by atoms with Gasteiger partial charge in [0, 0.05) is 6.04 Å². The molecule has 1 fully saturated rings. The Kier molecular flexibility index (Phi) is 5.11. The van der Waals surface area contributed by atoms with Gasteiger partial charge in [0.25, 0.3) is 0 Å². The van der Waals surface area contributed by atoms with Gasteiger partial charge < -0.3 is 21.1 Å². The number of ether oxygens (including phenoxy) is 1. The fraction of sp³-hybridized carbons (Fsp3) is 0.625. The number of anilines is 2. The number of hydrogen-bond donors (Lipinski definition) is 3. The summed E-state index contributed by atoms with van der Waals surface area (Å²) >= 11 is 0. The van der Waals surface area contributed by atoms with E-state index in [2.05, 4.69) is 15.6 Å². The molecule has 0 aliphatic heterocycles. The van der Waals surface area contributed by atoms with E-state index in [1.165, 1.54) is 0 Å². The molecule has 0 unspecified atom stereocenters. The van der Waals surface area contributed by atoms with E-state index in [1.807, 2.05) is 26.8 Å². The van der Waals surface area contributed by atoms with Crippen molar-refractivity contribution in [1.82, 2.24) is 10.3 Å². The molecule has 6 nitrogen and oxygen atoms in total. The van der Waals surface area contributed by atoms with Crippen LogP contribution in [-0.4, -0.2) is 28.8 Å². The summed E-state index contributed by atoms with van der Waals surface area (Å²) in [5.74, 6) is 0.498. The van der Waals surface area contributed by atoms with Crippen LogP contribution in [0.15, 0.2) is 18.3 Å². The van der Waals surface area contributed by atoms with E-state index in [0.717, 1.165) is 31.4 Å². The van der Waals surface area contributed by atoms with E-state index in [4.69, 9.17) is 10.5 Å². The van der Waals surface area contributed by atoms with Gasteiger partial charge in [0.15, 0.2) is 0 Å². The molecule has 1 heterocycles. The lowest BCUT2D eigenvalue weighted by molar-refractivity contribution is 0.0488. The molecular weight excluding hydrogens is 280 g/mol. The van der Waals surface area contributed by atoms with Gasteiger partial charge in [-0.25, -0.2) is 9.78 Å². The molecule has 1 aliphatic rings. The number of carbonyl (C=O) groups is 1. The molecule has 1 aromatic rings. The first-order valence-electron chi connectivity index (χ1n) is 7.81. The van der Waals surface area contributed by atoms with Gasteiger partial charge in [-0.3, -0.25) is 0 Å². The minimum atomic E-state index is -0.484. The normalized spacial score (nSPS) is 22.0. The smallest absolute Gasteiger partial charge is 0.407 e. The average molecular weight is 306 g/mol. The molecule has 1 amide bonds. The average Bonchev–Trinajstić information content (AvgIpc) is 2.41. The first kappa shape index (κ1) is 16.4. The van der Waals surface area contributed by atoms with E-state index in [1.54, 1.807) is 12.3 Å². The number of nitrogens with one attached hydrogen (secondary N) is 2. The van der Waals surface area contributed by atoms with Crippen molar-refractivity contribution in [3.63, 3.8) is 0 Å². The molecular formula is C16H26N4O2. The maximum absolute atomic E-state index is 12.0. The van der Waals surface area contributed by atoms with E-state index in [0.29, 0.717) is 5.82 Å². The van der Waals surface area contributed by atoms with Crippen LogP contribution in [0.1, 0.15) is 46.5 Å². The highest BCUT2D eigenvalue weighted by atomic mass is 16.6. The van der Waals surface area contributed by atoms with Crippen molar-refractivity contribution in [2.45, 2.75) is 64.1 Å². The topological polar surface area (TPSA) is 89.3 Å². The fourth-order valence-corrected chi connectivity index (χ4v) is 2.64. The zero-order valence-electron chi connectivity index (χ0n) is 13.6. The van der Waals surface area contributed by atoms with E-state index in [9.17, 15) is 4.79 Å². The first-order chi connectivity index (χ1) is 10.3. The number of amides is 1. The number of pyridine rings is 1. The van der Waals surface area contributed by atoms with Crippen molar-refractivity contribution < 1.29 is 9.53 Å². The Morgan fingerprint density at radius 1 is 1.27 bits per heavy atom. The first-order valence-corrected chi connectivity index (χ1v) is 7.81. The van der Waals surface area contributed by atoms with Crippen molar-refractivity contribution in [1.29, 1.82) is 0 Å². The standard InChI is InChI=1S/C16H26N4O2/c1-16(2,3)22-15(21)20-13-7-5-4-6-12(13)19-11-8-9-14(17)18-10-11/h8-10,12-13,19H,4-7H2,1-3H3,(H2,17,18)(H,20,21)/t12-,13-/m0/s1. The van der Waals surface area contributed by atoms with Crippen LogP contribution in [0.5, 0.6) is 0 Å². The number of nitrogens with two attached hydrogens (primary N) is 1. The lowest BCUT2D eigenvalue weighted by atomic mass is 9.90. The molecule has 122 valence electrons. The van der Waals surface area contributed by atoms with Crippen LogP contribution >= 0.6 is 0 Å². The van der Waals surface area contributed by atoms with Gasteiger partial charge in [-0.2, -0.15) is 0 Å². The highest BCUT2D eigenvalue weighted by Crippen LogP contribution is 2.23. The van der Waals surface area contributed by atoms with Gasteiger partial charge >= 0.3 is 6.09 Å². The minimum absolute atomic E-state index is 0.0566. The molecule has 1 aromatic heterocycles. The third kappa shape index (κ3) is 5.09. The van der Waals surface area contributed by atoms with E-state index < -0.39 is 5.60 Å². The van der Waals surface area contributed by atoms with Gasteiger partial charge in [0.05, 0.1) is 17.9 Å². The fourth-order valence-electron chi connectivity index (χ4n) is 2.64. The molecule has 4 N–H and O–H groups in total. The third-order valence-electron chi connectivity index (χ3n) is 3.61. The molecule has 2 rings (SSSR count). The van der Waals surface area contributed by atoms with Gasteiger partial charge in [-0.1, -0.05) is 12.8 Å². The van der Waals surface area contributed by atoms with Gasteiger partial charge in [0.2, 0.25) is 0 Å². The molecule has 6 heteroatoms. The second-order valence-electron chi connectivity index (χ2n) is 6.76. The summed E-state index contributed by atoms with van der Waals surface area (Å²) in [7, 11) is 0. The number of carbonyl (C=O) groups excluding carboxylic acids is 1. The predicted molar refractivity (Wildman–Crippen MR) is 87.7 cm³/mol. The van der Waals surface area contributed by atoms with Crippen molar-refractivity contribution >= 4 is 17.6 Å². The molecule has 0 aromatic carbocycles. The zero-order valence-corrected chi connectivity index (χ0v) is 13.6. The molecule has 0 radical (unpaired) electrons. The number of aromatic nitrogens is 1. The summed E-state index contributed by atoms with van der Waals surface area (Å²) in [6, 6.07) is 3.90. The quantitative estimate of drug-likeness (QED) is 0.799. The Balaban J connectivity index is 1.96. The molecule has 22 heavy (non-hydrogen) atoms. The Bertz CT molecular complexity index is 496. The summed E-state index contributed by atoms with van der Waals surface area (Å²) in [6.45, 7) is 5.59. The van der Waals surface area contributed by atoms with Gasteiger partial charge in [-0.15, -0.1) is 0 Å². The summed E-state index contributed by atoms with van der Waals surface area (Å²) < 4.78 is 5.35. The highest BCUT2D eigenvalue weighted by molar-refractivity contribution is 5.68. The number of nitrogens with zero attached hydrogens (tertiary/aromatic N) is 1. The van der Waals surface area contributed by atoms with Crippen LogP contribution < -0.4 is 16.4 Å². The van der Waals surface area contributed by atoms with E-state index >= 15 is 0 Å². The van der Waals surface area contributed by atoms with E-state index in [-0.39, 0.29) is 18.2 Å². The predicted octanol–water partition coefficient (Wildman–Crippen LogP) is 2.91. The minimum Gasteiger partial charge on any atom is -0.444 e. The highest BCUT2D eigenvalue weighted by Gasteiger charge is 2.28. The van der Waals surface area contributed by atoms with Crippen molar-refractivity contribution in [2.75, 3.05) is 11.1 Å². The lowest BCUT2D eigenvalue weighted by Crippen LogP contribution is -2.49. The Morgan fingerprint density at radius 2 is 1.95 bits per heavy atom. The summed E-state index contributed by atoms with van der Waals surface area (Å²) in [4.78, 5) is 16.1. The maximum atomic E-state index is 12.0. The number of nitrogen functional groups attached to an aromatic ring is 1. The Morgan fingerprint density at radius 3 is 2.55 bits per heavy atom. The number of hydrogen-bond acceptors (Lipinski definition) is 5. The zero-order chi connectivity index (χ0) is 16.2. The molecule has 0 saturated heterocycles. The van der Waals surface area contributed by atoms with Crippen LogP contribution in [-0.2, 0) is 4.74 Å². The van der Waals surface area contributed by atoms with Crippen molar-refractivity contribution in [2.24, 2.45) is 0 Å². The Hall–Kier alpha value is -1.98. The van der Waals surface area contributed by atoms with Crippen LogP contribution in [0, 0.1) is 0 Å². The van der Waals surface area contributed by atoms with Crippen LogP contribution in [0.3, 0.4) is 0 Å².